The number of ketones is 1. The maximum atomic E-state index is 13.1. The SMILES string of the molecule is COC(=O)CCC(=O)CN1CCN(CC(=O)NCC(=O)OC(C)(C)C)CCN(CC(=O)NCC(=O)OC(C)(C)C)CCN(CC(=O)NCC(=O)OC(C)(C)C)CC1. The van der Waals surface area contributed by atoms with Crippen molar-refractivity contribution in [2.24, 2.45) is 0 Å². The number of nitrogens with zero attached hydrogens (tertiary/aromatic N) is 4. The second-order valence-electron chi connectivity index (χ2n) is 16.8. The van der Waals surface area contributed by atoms with Gasteiger partial charge in [0, 0.05) is 58.8 Å². The molecule has 0 aromatic rings. The Labute approximate surface area is 337 Å². The summed E-state index contributed by atoms with van der Waals surface area (Å²) in [6.07, 6.45) is -0.0973. The number of Topliss-reactive ketones (excluding diaryl/α,β-unsaturated/α-hetero) is 1. The molecule has 1 aliphatic rings. The third kappa shape index (κ3) is 27.1. The van der Waals surface area contributed by atoms with E-state index >= 15 is 0 Å². The van der Waals surface area contributed by atoms with Gasteiger partial charge in [-0.3, -0.25) is 58.0 Å². The zero-order valence-corrected chi connectivity index (χ0v) is 35.7. The number of methoxy groups -OCH3 is 1. The normalized spacial score (nSPS) is 15.9. The third-order valence-electron chi connectivity index (χ3n) is 7.82. The van der Waals surface area contributed by atoms with Crippen molar-refractivity contribution in [1.82, 2.24) is 35.6 Å². The minimum atomic E-state index is -0.726. The maximum Gasteiger partial charge on any atom is 0.325 e. The fourth-order valence-corrected chi connectivity index (χ4v) is 5.31. The molecule has 1 rings (SSSR count). The van der Waals surface area contributed by atoms with Crippen LogP contribution in [0.5, 0.6) is 0 Å². The number of carbonyl (C=O) groups excluding carboxylic acids is 8. The van der Waals surface area contributed by atoms with Gasteiger partial charge in [0.25, 0.3) is 0 Å². The van der Waals surface area contributed by atoms with Crippen molar-refractivity contribution in [2.45, 2.75) is 92.0 Å². The molecular formula is C38H67N7O12. The minimum Gasteiger partial charge on any atom is -0.469 e. The summed E-state index contributed by atoms with van der Waals surface area (Å²) >= 11 is 0. The molecule has 1 heterocycles. The molecule has 0 spiro atoms. The topological polar surface area (TPSA) is 223 Å². The van der Waals surface area contributed by atoms with Crippen LogP contribution in [0.4, 0.5) is 0 Å². The van der Waals surface area contributed by atoms with Crippen LogP contribution in [-0.2, 0) is 57.3 Å². The summed E-state index contributed by atoms with van der Waals surface area (Å²) < 4.78 is 20.5. The molecule has 0 atom stereocenters. The highest BCUT2D eigenvalue weighted by Gasteiger charge is 2.24. The van der Waals surface area contributed by atoms with Crippen molar-refractivity contribution in [2.75, 3.05) is 105 Å². The monoisotopic (exact) mass is 813 g/mol. The number of rotatable bonds is 17. The van der Waals surface area contributed by atoms with Crippen LogP contribution >= 0.6 is 0 Å². The summed E-state index contributed by atoms with van der Waals surface area (Å²) in [6.45, 7) is 16.6. The fourth-order valence-electron chi connectivity index (χ4n) is 5.31. The second kappa shape index (κ2) is 24.5. The lowest BCUT2D eigenvalue weighted by Crippen LogP contribution is -2.51. The molecule has 3 N–H and O–H groups in total. The molecule has 0 aromatic carbocycles. The molecule has 0 aliphatic carbocycles. The summed E-state index contributed by atoms with van der Waals surface area (Å²) in [6, 6.07) is 0. The first kappa shape index (κ1) is 50.8. The molecule has 1 aliphatic heterocycles. The molecule has 0 bridgehead atoms. The third-order valence-corrected chi connectivity index (χ3v) is 7.82. The van der Waals surface area contributed by atoms with E-state index in [0.29, 0.717) is 39.3 Å². The van der Waals surface area contributed by atoms with Gasteiger partial charge in [-0.05, 0) is 62.3 Å². The van der Waals surface area contributed by atoms with Gasteiger partial charge < -0.3 is 34.9 Å². The first-order chi connectivity index (χ1) is 26.3. The van der Waals surface area contributed by atoms with E-state index in [1.54, 1.807) is 62.3 Å². The van der Waals surface area contributed by atoms with Crippen molar-refractivity contribution in [3.8, 4) is 0 Å². The Morgan fingerprint density at radius 3 is 0.930 bits per heavy atom. The van der Waals surface area contributed by atoms with E-state index in [9.17, 15) is 38.4 Å². The summed E-state index contributed by atoms with van der Waals surface area (Å²) in [5.74, 6) is -3.78. The van der Waals surface area contributed by atoms with Gasteiger partial charge in [0.05, 0.1) is 39.7 Å². The van der Waals surface area contributed by atoms with Crippen LogP contribution in [-0.4, -0.2) is 189 Å². The molecule has 0 unspecified atom stereocenters. The van der Waals surface area contributed by atoms with Crippen molar-refractivity contribution in [3.05, 3.63) is 0 Å². The Balaban J connectivity index is 3.25. The van der Waals surface area contributed by atoms with E-state index in [0.717, 1.165) is 0 Å². The Morgan fingerprint density at radius 2 is 0.684 bits per heavy atom. The molecule has 1 fully saturated rings. The van der Waals surface area contributed by atoms with Gasteiger partial charge in [-0.15, -0.1) is 0 Å². The standard InChI is InChI=1S/C38H67N7O12/c1-36(2,3)55-33(51)21-39-29(47)25-43-15-13-42(24-28(46)11-12-32(50)54-10)14-16-44(26-30(48)40-22-34(52)56-37(4,5)6)18-20-45(19-17-43)27-31(49)41-23-35(53)57-38(7,8)9/h11-27H2,1-10H3,(H,39,47)(H,40,48)(H,41,49). The molecule has 0 radical (unpaired) electrons. The lowest BCUT2D eigenvalue weighted by atomic mass is 10.2. The van der Waals surface area contributed by atoms with Crippen molar-refractivity contribution in [3.63, 3.8) is 0 Å². The first-order valence-electron chi connectivity index (χ1n) is 19.3. The minimum absolute atomic E-state index is 0.00169. The summed E-state index contributed by atoms with van der Waals surface area (Å²) in [7, 11) is 1.25. The van der Waals surface area contributed by atoms with Crippen LogP contribution in [0.3, 0.4) is 0 Å². The quantitative estimate of drug-likeness (QED) is 0.120. The fraction of sp³-hybridized carbons (Fsp3) is 0.789. The van der Waals surface area contributed by atoms with Crippen molar-refractivity contribution in [1.29, 1.82) is 0 Å². The van der Waals surface area contributed by atoms with E-state index in [2.05, 4.69) is 20.7 Å². The van der Waals surface area contributed by atoms with E-state index in [4.69, 9.17) is 14.2 Å². The van der Waals surface area contributed by atoms with Crippen LogP contribution in [0, 0.1) is 0 Å². The summed E-state index contributed by atoms with van der Waals surface area (Å²) in [5, 5.41) is 7.78. The Bertz CT molecular complexity index is 1310. The maximum absolute atomic E-state index is 13.1. The Hall–Kier alpha value is -4.20. The number of carbonyl (C=O) groups is 8. The molecule has 3 amide bonds. The number of esters is 4. The van der Waals surface area contributed by atoms with E-state index in [1.807, 2.05) is 19.6 Å². The Kier molecular flexibility index (Phi) is 21.9. The molecule has 0 saturated carbocycles. The molecule has 1 saturated heterocycles. The molecule has 19 nitrogen and oxygen atoms in total. The number of ether oxygens (including phenoxy) is 4. The van der Waals surface area contributed by atoms with Gasteiger partial charge in [0.1, 0.15) is 42.2 Å². The number of hydrogen-bond donors (Lipinski definition) is 3. The van der Waals surface area contributed by atoms with Crippen LogP contribution < -0.4 is 16.0 Å². The number of hydrogen-bond acceptors (Lipinski definition) is 16. The molecule has 19 heteroatoms. The predicted molar refractivity (Wildman–Crippen MR) is 209 cm³/mol. The van der Waals surface area contributed by atoms with E-state index < -0.39 is 58.4 Å². The van der Waals surface area contributed by atoms with Crippen molar-refractivity contribution < 1.29 is 57.3 Å². The summed E-state index contributed by atoms with van der Waals surface area (Å²) in [5.41, 5.74) is -2.17. The van der Waals surface area contributed by atoms with Crippen LogP contribution in [0.25, 0.3) is 0 Å². The van der Waals surface area contributed by atoms with E-state index in [-0.39, 0.29) is 77.5 Å². The highest BCUT2D eigenvalue weighted by molar-refractivity contribution is 5.85. The van der Waals surface area contributed by atoms with Gasteiger partial charge in [0.2, 0.25) is 17.7 Å². The van der Waals surface area contributed by atoms with Gasteiger partial charge >= 0.3 is 23.9 Å². The molecular weight excluding hydrogens is 746 g/mol. The molecule has 326 valence electrons. The summed E-state index contributed by atoms with van der Waals surface area (Å²) in [4.78, 5) is 108. The average Bonchev–Trinajstić information content (AvgIpc) is 3.06. The van der Waals surface area contributed by atoms with Gasteiger partial charge in [-0.2, -0.15) is 0 Å². The predicted octanol–water partition coefficient (Wildman–Crippen LogP) is -0.896. The Morgan fingerprint density at radius 1 is 0.421 bits per heavy atom. The smallest absolute Gasteiger partial charge is 0.325 e. The molecule has 0 aromatic heterocycles. The highest BCUT2D eigenvalue weighted by Crippen LogP contribution is 2.09. The zero-order chi connectivity index (χ0) is 43.4. The van der Waals surface area contributed by atoms with E-state index in [1.165, 1.54) is 7.11 Å². The second-order valence-corrected chi connectivity index (χ2v) is 16.8. The highest BCUT2D eigenvalue weighted by atomic mass is 16.6. The lowest BCUT2D eigenvalue weighted by molar-refractivity contribution is -0.155. The van der Waals surface area contributed by atoms with Crippen LogP contribution in [0.1, 0.15) is 75.2 Å². The first-order valence-corrected chi connectivity index (χ1v) is 19.3. The average molecular weight is 814 g/mol. The van der Waals surface area contributed by atoms with Crippen LogP contribution in [0.15, 0.2) is 0 Å². The largest absolute Gasteiger partial charge is 0.469 e. The van der Waals surface area contributed by atoms with Crippen molar-refractivity contribution >= 4 is 47.4 Å². The van der Waals surface area contributed by atoms with Crippen LogP contribution in [0.2, 0.25) is 0 Å². The van der Waals surface area contributed by atoms with Gasteiger partial charge in [-0.25, -0.2) is 0 Å². The number of amides is 3. The number of nitrogens with one attached hydrogen (secondary N) is 3. The van der Waals surface area contributed by atoms with Gasteiger partial charge in [-0.1, -0.05) is 0 Å². The molecule has 57 heavy (non-hydrogen) atoms. The van der Waals surface area contributed by atoms with Gasteiger partial charge in [0.15, 0.2) is 0 Å². The zero-order valence-electron chi connectivity index (χ0n) is 35.7. The lowest BCUT2D eigenvalue weighted by Gasteiger charge is -2.33.